The van der Waals surface area contributed by atoms with Crippen molar-refractivity contribution in [2.75, 3.05) is 32.2 Å². The van der Waals surface area contributed by atoms with E-state index in [1.165, 1.54) is 19.3 Å². The van der Waals surface area contributed by atoms with Gasteiger partial charge < -0.3 is 19.7 Å². The number of hydrogen-bond acceptors (Lipinski definition) is 6. The highest BCUT2D eigenvalue weighted by Gasteiger charge is 2.14. The third-order valence-electron chi connectivity index (χ3n) is 5.70. The number of anilines is 1. The van der Waals surface area contributed by atoms with Crippen LogP contribution in [0.2, 0.25) is 0 Å². The molecule has 0 spiro atoms. The number of ether oxygens (including phenoxy) is 2. The highest BCUT2D eigenvalue weighted by Crippen LogP contribution is 2.25. The molecule has 0 unspecified atom stereocenters. The summed E-state index contributed by atoms with van der Waals surface area (Å²) in [5.41, 5.74) is 3.24. The van der Waals surface area contributed by atoms with E-state index in [0.29, 0.717) is 23.6 Å². The molecule has 4 rings (SSSR count). The molecule has 1 N–H and O–H groups in total. The summed E-state index contributed by atoms with van der Waals surface area (Å²) in [4.78, 5) is 23.8. The van der Waals surface area contributed by atoms with Gasteiger partial charge in [-0.2, -0.15) is 0 Å². The monoisotopic (exact) mass is 432 g/mol. The Morgan fingerprint density at radius 2 is 1.75 bits per heavy atom. The van der Waals surface area contributed by atoms with Crippen molar-refractivity contribution in [3.05, 3.63) is 66.0 Å². The predicted molar refractivity (Wildman–Crippen MR) is 124 cm³/mol. The van der Waals surface area contributed by atoms with Gasteiger partial charge >= 0.3 is 0 Å². The van der Waals surface area contributed by atoms with Crippen LogP contribution in [0.15, 0.2) is 54.9 Å². The van der Waals surface area contributed by atoms with Crippen molar-refractivity contribution < 1.29 is 14.3 Å². The third-order valence-corrected chi connectivity index (χ3v) is 5.70. The first kappa shape index (κ1) is 21.6. The molecule has 2 aromatic carbocycles. The van der Waals surface area contributed by atoms with Crippen LogP contribution in [0, 0.1) is 0 Å². The molecule has 1 aromatic heterocycles. The summed E-state index contributed by atoms with van der Waals surface area (Å²) >= 11 is 0. The van der Waals surface area contributed by atoms with Gasteiger partial charge in [0.15, 0.2) is 0 Å². The summed E-state index contributed by atoms with van der Waals surface area (Å²) in [6, 6.07) is 15.0. The van der Waals surface area contributed by atoms with Crippen LogP contribution in [0.4, 0.5) is 5.82 Å². The van der Waals surface area contributed by atoms with E-state index < -0.39 is 0 Å². The zero-order chi connectivity index (χ0) is 22.3. The van der Waals surface area contributed by atoms with Gasteiger partial charge in [0.2, 0.25) is 0 Å². The van der Waals surface area contributed by atoms with E-state index in [1.807, 2.05) is 48.5 Å². The number of aromatic nitrogens is 2. The lowest BCUT2D eigenvalue weighted by Crippen LogP contribution is -2.30. The summed E-state index contributed by atoms with van der Waals surface area (Å²) in [5.74, 6) is 2.23. The van der Waals surface area contributed by atoms with Crippen molar-refractivity contribution in [2.45, 2.75) is 25.8 Å². The molecular weight excluding hydrogens is 404 g/mol. The number of nitrogens with zero attached hydrogens (tertiary/aromatic N) is 3. The number of rotatable bonds is 7. The van der Waals surface area contributed by atoms with Crippen LogP contribution in [-0.2, 0) is 6.54 Å². The van der Waals surface area contributed by atoms with E-state index in [2.05, 4.69) is 20.2 Å². The van der Waals surface area contributed by atoms with Crippen molar-refractivity contribution >= 4 is 11.7 Å². The predicted octanol–water partition coefficient (Wildman–Crippen LogP) is 4.08. The second kappa shape index (κ2) is 10.1. The van der Waals surface area contributed by atoms with E-state index in [1.54, 1.807) is 20.5 Å². The molecule has 1 amide bonds. The lowest BCUT2D eigenvalue weighted by molar-refractivity contribution is 0.0950. The summed E-state index contributed by atoms with van der Waals surface area (Å²) in [6.07, 6.45) is 5.29. The van der Waals surface area contributed by atoms with Gasteiger partial charge in [-0.25, -0.2) is 9.97 Å². The average molecular weight is 433 g/mol. The van der Waals surface area contributed by atoms with Crippen LogP contribution < -0.4 is 19.7 Å². The lowest BCUT2D eigenvalue weighted by atomic mass is 10.1. The molecule has 32 heavy (non-hydrogen) atoms. The first-order chi connectivity index (χ1) is 15.7. The minimum Gasteiger partial charge on any atom is -0.497 e. The quantitative estimate of drug-likeness (QED) is 0.606. The van der Waals surface area contributed by atoms with Gasteiger partial charge in [-0.05, 0) is 49.6 Å². The number of carbonyl (C=O) groups is 1. The largest absolute Gasteiger partial charge is 0.497 e. The van der Waals surface area contributed by atoms with Crippen LogP contribution in [0.3, 0.4) is 0 Å². The maximum absolute atomic E-state index is 12.7. The van der Waals surface area contributed by atoms with E-state index >= 15 is 0 Å². The summed E-state index contributed by atoms with van der Waals surface area (Å²) < 4.78 is 10.6. The van der Waals surface area contributed by atoms with Crippen molar-refractivity contribution in [1.82, 2.24) is 15.3 Å². The summed E-state index contributed by atoms with van der Waals surface area (Å²) in [7, 11) is 3.22. The number of benzene rings is 2. The van der Waals surface area contributed by atoms with Gasteiger partial charge in [-0.3, -0.25) is 4.79 Å². The number of piperidine rings is 1. The molecule has 0 aliphatic carbocycles. The van der Waals surface area contributed by atoms with Crippen molar-refractivity contribution in [1.29, 1.82) is 0 Å². The Morgan fingerprint density at radius 1 is 0.969 bits per heavy atom. The second-order valence-electron chi connectivity index (χ2n) is 7.75. The number of hydrogen-bond donors (Lipinski definition) is 1. The maximum atomic E-state index is 12.7. The third kappa shape index (κ3) is 4.99. The Hall–Kier alpha value is -3.61. The second-order valence-corrected chi connectivity index (χ2v) is 7.75. The molecule has 0 bridgehead atoms. The van der Waals surface area contributed by atoms with Crippen LogP contribution in [0.5, 0.6) is 11.5 Å². The molecule has 166 valence electrons. The molecule has 1 aliphatic heterocycles. The Labute approximate surface area is 188 Å². The van der Waals surface area contributed by atoms with Crippen LogP contribution in [0.25, 0.3) is 11.3 Å². The molecule has 3 aromatic rings. The molecule has 2 heterocycles. The average Bonchev–Trinajstić information content (AvgIpc) is 2.87. The van der Waals surface area contributed by atoms with E-state index in [4.69, 9.17) is 9.47 Å². The molecule has 1 saturated heterocycles. The first-order valence-corrected chi connectivity index (χ1v) is 10.8. The molecule has 7 nitrogen and oxygen atoms in total. The zero-order valence-corrected chi connectivity index (χ0v) is 18.5. The fourth-order valence-corrected chi connectivity index (χ4v) is 3.89. The number of methoxy groups -OCH3 is 2. The van der Waals surface area contributed by atoms with Gasteiger partial charge in [0.05, 0.1) is 19.9 Å². The standard InChI is InChI=1S/C25H28N4O3/c1-31-21-10-11-23(32-2)20(14-21)16-26-25(30)19-8-6-18(7-9-19)22-15-24(28-17-27-22)29-12-4-3-5-13-29/h6-11,14-15,17H,3-5,12-13,16H2,1-2H3,(H,26,30). The van der Waals surface area contributed by atoms with E-state index in [0.717, 1.165) is 35.7 Å². The molecule has 7 heteroatoms. The number of amides is 1. The molecule has 0 saturated carbocycles. The topological polar surface area (TPSA) is 76.6 Å². The summed E-state index contributed by atoms with van der Waals surface area (Å²) in [5, 5.41) is 2.95. The summed E-state index contributed by atoms with van der Waals surface area (Å²) in [6.45, 7) is 2.41. The van der Waals surface area contributed by atoms with Crippen LogP contribution in [0.1, 0.15) is 35.2 Å². The minimum absolute atomic E-state index is 0.155. The van der Waals surface area contributed by atoms with Gasteiger partial charge in [-0.1, -0.05) is 12.1 Å². The van der Waals surface area contributed by atoms with Crippen LogP contribution >= 0.6 is 0 Å². The Kier molecular flexibility index (Phi) is 6.84. The smallest absolute Gasteiger partial charge is 0.251 e. The highest BCUT2D eigenvalue weighted by atomic mass is 16.5. The normalized spacial score (nSPS) is 13.5. The SMILES string of the molecule is COc1ccc(OC)c(CNC(=O)c2ccc(-c3cc(N4CCCCC4)ncn3)cc2)c1. The molecular formula is C25H28N4O3. The van der Waals surface area contributed by atoms with Gasteiger partial charge in [0.25, 0.3) is 5.91 Å². The van der Waals surface area contributed by atoms with Crippen molar-refractivity contribution in [3.63, 3.8) is 0 Å². The Balaban J connectivity index is 1.43. The van der Waals surface area contributed by atoms with E-state index in [9.17, 15) is 4.79 Å². The highest BCUT2D eigenvalue weighted by molar-refractivity contribution is 5.94. The van der Waals surface area contributed by atoms with Crippen molar-refractivity contribution in [2.24, 2.45) is 0 Å². The first-order valence-electron chi connectivity index (χ1n) is 10.8. The van der Waals surface area contributed by atoms with Gasteiger partial charge in [0.1, 0.15) is 23.6 Å². The lowest BCUT2D eigenvalue weighted by Gasteiger charge is -2.27. The molecule has 1 fully saturated rings. The maximum Gasteiger partial charge on any atom is 0.251 e. The molecule has 0 atom stereocenters. The van der Waals surface area contributed by atoms with Crippen LogP contribution in [-0.4, -0.2) is 43.2 Å². The molecule has 0 radical (unpaired) electrons. The Morgan fingerprint density at radius 3 is 2.47 bits per heavy atom. The number of carbonyl (C=O) groups excluding carboxylic acids is 1. The van der Waals surface area contributed by atoms with Crippen molar-refractivity contribution in [3.8, 4) is 22.8 Å². The number of nitrogens with one attached hydrogen (secondary N) is 1. The van der Waals surface area contributed by atoms with E-state index in [-0.39, 0.29) is 5.91 Å². The fraction of sp³-hybridized carbons (Fsp3) is 0.320. The van der Waals surface area contributed by atoms with Gasteiger partial charge in [0, 0.05) is 42.4 Å². The zero-order valence-electron chi connectivity index (χ0n) is 18.5. The molecule has 1 aliphatic rings. The fourth-order valence-electron chi connectivity index (χ4n) is 3.89. The van der Waals surface area contributed by atoms with Gasteiger partial charge in [-0.15, -0.1) is 0 Å². The minimum atomic E-state index is -0.155. The Bertz CT molecular complexity index is 1060.